The molecule has 0 aliphatic carbocycles. The number of aromatic amines is 2. The smallest absolute Gasteiger partial charge is 0.323 e. The fraction of sp³-hybridized carbons (Fsp3) is 0.364. The van der Waals surface area contributed by atoms with Crippen LogP contribution in [0.4, 0.5) is 0 Å². The zero-order chi connectivity index (χ0) is 14.3. The van der Waals surface area contributed by atoms with Crippen LogP contribution in [0.2, 0.25) is 5.02 Å². The Morgan fingerprint density at radius 1 is 1.15 bits per heavy atom. The van der Waals surface area contributed by atoms with Crippen molar-refractivity contribution in [2.45, 2.75) is 4.90 Å². The van der Waals surface area contributed by atoms with Gasteiger partial charge in [-0.15, -0.1) is 0 Å². The molecule has 1 saturated heterocycles. The van der Waals surface area contributed by atoms with Crippen LogP contribution in [0.1, 0.15) is 0 Å². The standard InChI is InChI=1S/C11H12ClN3O4S/c12-7-5-8-9(14-11(16)13-8)6-10(7)20(17,18)15-1-3-19-4-2-15/h5-6H,1-4H2,(H2,13,14,16). The molecule has 0 unspecified atom stereocenters. The highest BCUT2D eigenvalue weighted by Gasteiger charge is 2.28. The maximum atomic E-state index is 12.5. The molecule has 0 spiro atoms. The number of rotatable bonds is 2. The fourth-order valence-electron chi connectivity index (χ4n) is 2.16. The first-order valence-corrected chi connectivity index (χ1v) is 7.80. The number of sulfonamides is 1. The van der Waals surface area contributed by atoms with E-state index in [-0.39, 0.29) is 9.92 Å². The molecule has 2 N–H and O–H groups in total. The van der Waals surface area contributed by atoms with Crippen molar-refractivity contribution in [3.63, 3.8) is 0 Å². The molecule has 1 aromatic heterocycles. The van der Waals surface area contributed by atoms with Gasteiger partial charge >= 0.3 is 5.69 Å². The van der Waals surface area contributed by atoms with Gasteiger partial charge in [-0.2, -0.15) is 4.31 Å². The molecular weight excluding hydrogens is 306 g/mol. The minimum atomic E-state index is -3.69. The summed E-state index contributed by atoms with van der Waals surface area (Å²) >= 11 is 6.04. The molecule has 20 heavy (non-hydrogen) atoms. The Bertz CT molecular complexity index is 805. The van der Waals surface area contributed by atoms with E-state index in [9.17, 15) is 13.2 Å². The molecule has 2 heterocycles. The average molecular weight is 318 g/mol. The summed E-state index contributed by atoms with van der Waals surface area (Å²) in [6, 6.07) is 2.81. The van der Waals surface area contributed by atoms with Crippen molar-refractivity contribution in [3.05, 3.63) is 27.6 Å². The van der Waals surface area contributed by atoms with Crippen LogP contribution in [0.25, 0.3) is 11.0 Å². The molecular formula is C11H12ClN3O4S. The zero-order valence-corrected chi connectivity index (χ0v) is 11.9. The minimum absolute atomic E-state index is 0.0104. The summed E-state index contributed by atoms with van der Waals surface area (Å²) in [5, 5.41) is 0.0826. The molecule has 1 aliphatic rings. The Balaban J connectivity index is 2.12. The first-order valence-electron chi connectivity index (χ1n) is 5.98. The topological polar surface area (TPSA) is 95.3 Å². The lowest BCUT2D eigenvalue weighted by atomic mass is 10.3. The van der Waals surface area contributed by atoms with Gasteiger partial charge in [0.15, 0.2) is 0 Å². The van der Waals surface area contributed by atoms with Crippen molar-refractivity contribution in [3.8, 4) is 0 Å². The van der Waals surface area contributed by atoms with E-state index in [1.54, 1.807) is 0 Å². The van der Waals surface area contributed by atoms with Crippen molar-refractivity contribution >= 4 is 32.7 Å². The SMILES string of the molecule is O=c1[nH]c2cc(Cl)c(S(=O)(=O)N3CCOCC3)cc2[nH]1. The Hall–Kier alpha value is -1.35. The number of imidazole rings is 1. The molecule has 0 radical (unpaired) electrons. The monoisotopic (exact) mass is 317 g/mol. The Kier molecular flexibility index (Phi) is 3.33. The third-order valence-corrected chi connectivity index (χ3v) is 5.52. The molecule has 0 atom stereocenters. The number of hydrogen-bond acceptors (Lipinski definition) is 4. The summed E-state index contributed by atoms with van der Waals surface area (Å²) in [5.74, 6) is 0. The molecule has 108 valence electrons. The Morgan fingerprint density at radius 3 is 2.40 bits per heavy atom. The fourth-order valence-corrected chi connectivity index (χ4v) is 4.10. The molecule has 2 aromatic rings. The van der Waals surface area contributed by atoms with Crippen molar-refractivity contribution in [2.24, 2.45) is 0 Å². The molecule has 0 saturated carbocycles. The van der Waals surface area contributed by atoms with Crippen LogP contribution in [0, 0.1) is 0 Å². The van der Waals surface area contributed by atoms with Crippen LogP contribution in [0.3, 0.4) is 0 Å². The summed E-state index contributed by atoms with van der Waals surface area (Å²) in [6.07, 6.45) is 0. The number of H-pyrrole nitrogens is 2. The summed E-state index contributed by atoms with van der Waals surface area (Å²) < 4.78 is 31.6. The minimum Gasteiger partial charge on any atom is -0.379 e. The van der Waals surface area contributed by atoms with Gasteiger partial charge in [0, 0.05) is 13.1 Å². The maximum absolute atomic E-state index is 12.5. The number of hydrogen-bond donors (Lipinski definition) is 2. The second-order valence-electron chi connectivity index (χ2n) is 4.42. The molecule has 0 amide bonds. The molecule has 3 rings (SSSR count). The van der Waals surface area contributed by atoms with Crippen molar-refractivity contribution in [2.75, 3.05) is 26.3 Å². The second kappa shape index (κ2) is 4.88. The number of nitrogens with one attached hydrogen (secondary N) is 2. The van der Waals surface area contributed by atoms with Crippen LogP contribution < -0.4 is 5.69 Å². The maximum Gasteiger partial charge on any atom is 0.323 e. The van der Waals surface area contributed by atoms with E-state index in [2.05, 4.69) is 9.97 Å². The van der Waals surface area contributed by atoms with Crippen LogP contribution in [0.5, 0.6) is 0 Å². The Morgan fingerprint density at radius 2 is 1.75 bits per heavy atom. The van der Waals surface area contributed by atoms with E-state index in [0.717, 1.165) is 0 Å². The van der Waals surface area contributed by atoms with Crippen LogP contribution >= 0.6 is 11.6 Å². The van der Waals surface area contributed by atoms with Crippen LogP contribution in [-0.2, 0) is 14.8 Å². The summed E-state index contributed by atoms with van der Waals surface area (Å²) in [7, 11) is -3.69. The summed E-state index contributed by atoms with van der Waals surface area (Å²) in [5.41, 5.74) is 0.476. The third-order valence-electron chi connectivity index (χ3n) is 3.16. The van der Waals surface area contributed by atoms with Gasteiger partial charge in [0.1, 0.15) is 4.90 Å². The van der Waals surface area contributed by atoms with Crippen molar-refractivity contribution < 1.29 is 13.2 Å². The zero-order valence-electron chi connectivity index (χ0n) is 10.3. The van der Waals surface area contributed by atoms with Crippen LogP contribution in [-0.4, -0.2) is 49.0 Å². The predicted octanol–water partition coefficient (Wildman–Crippen LogP) is 0.530. The van der Waals surface area contributed by atoms with Gasteiger partial charge in [-0.05, 0) is 12.1 Å². The van der Waals surface area contributed by atoms with Gasteiger partial charge in [-0.1, -0.05) is 11.6 Å². The molecule has 1 aliphatic heterocycles. The molecule has 1 fully saturated rings. The van der Waals surface area contributed by atoms with Gasteiger partial charge in [0.05, 0.1) is 29.3 Å². The molecule has 7 nitrogen and oxygen atoms in total. The summed E-state index contributed by atoms with van der Waals surface area (Å²) in [4.78, 5) is 16.3. The third kappa shape index (κ3) is 2.24. The van der Waals surface area contributed by atoms with E-state index < -0.39 is 15.7 Å². The lowest BCUT2D eigenvalue weighted by molar-refractivity contribution is 0.0730. The second-order valence-corrected chi connectivity index (χ2v) is 6.74. The van der Waals surface area contributed by atoms with Gasteiger partial charge in [-0.3, -0.25) is 0 Å². The molecule has 0 bridgehead atoms. The number of ether oxygens (including phenoxy) is 1. The number of benzene rings is 1. The van der Waals surface area contributed by atoms with Gasteiger partial charge in [-0.25, -0.2) is 13.2 Å². The molecule has 9 heteroatoms. The van der Waals surface area contributed by atoms with E-state index in [1.807, 2.05) is 0 Å². The lowest BCUT2D eigenvalue weighted by Gasteiger charge is -2.26. The van der Waals surface area contributed by atoms with E-state index in [1.165, 1.54) is 16.4 Å². The van der Waals surface area contributed by atoms with Gasteiger partial charge in [0.25, 0.3) is 0 Å². The molecule has 1 aromatic carbocycles. The van der Waals surface area contributed by atoms with Gasteiger partial charge < -0.3 is 14.7 Å². The summed E-state index contributed by atoms with van der Waals surface area (Å²) in [6.45, 7) is 1.31. The largest absolute Gasteiger partial charge is 0.379 e. The van der Waals surface area contributed by atoms with Crippen LogP contribution in [0.15, 0.2) is 21.8 Å². The highest BCUT2D eigenvalue weighted by Crippen LogP contribution is 2.28. The number of halogens is 1. The first-order chi connectivity index (χ1) is 9.48. The number of morpholine rings is 1. The van der Waals surface area contributed by atoms with E-state index in [0.29, 0.717) is 37.3 Å². The predicted molar refractivity (Wildman–Crippen MR) is 73.5 cm³/mol. The highest BCUT2D eigenvalue weighted by molar-refractivity contribution is 7.89. The number of nitrogens with zero attached hydrogens (tertiary/aromatic N) is 1. The number of aromatic nitrogens is 2. The van der Waals surface area contributed by atoms with Crippen molar-refractivity contribution in [1.82, 2.24) is 14.3 Å². The average Bonchev–Trinajstić information content (AvgIpc) is 2.78. The van der Waals surface area contributed by atoms with Crippen molar-refractivity contribution in [1.29, 1.82) is 0 Å². The first kappa shape index (κ1) is 13.6. The van der Waals surface area contributed by atoms with E-state index >= 15 is 0 Å². The lowest BCUT2D eigenvalue weighted by Crippen LogP contribution is -2.40. The highest BCUT2D eigenvalue weighted by atomic mass is 35.5. The Labute approximate surface area is 119 Å². The van der Waals surface area contributed by atoms with E-state index in [4.69, 9.17) is 16.3 Å². The number of fused-ring (bicyclic) bond motifs is 1. The van der Waals surface area contributed by atoms with Gasteiger partial charge in [0.2, 0.25) is 10.0 Å². The normalized spacial score (nSPS) is 17.6. The quantitative estimate of drug-likeness (QED) is 0.844.